The van der Waals surface area contributed by atoms with Crippen LogP contribution in [0.1, 0.15) is 6.92 Å². The van der Waals surface area contributed by atoms with E-state index in [-0.39, 0.29) is 21.3 Å². The zero-order chi connectivity index (χ0) is 14.3. The second-order valence-corrected chi connectivity index (χ2v) is 6.12. The Balaban J connectivity index is 2.19. The van der Waals surface area contributed by atoms with Gasteiger partial charge in [-0.1, -0.05) is 0 Å². The highest BCUT2D eigenvalue weighted by Gasteiger charge is 2.31. The fraction of sp³-hybridized carbons (Fsp3) is 0.143. The van der Waals surface area contributed by atoms with Crippen LogP contribution in [0.2, 0.25) is 0 Å². The molecular weight excluding hydrogens is 283 g/mol. The molecule has 104 valence electrons. The van der Waals surface area contributed by atoms with Crippen LogP contribution >= 0.6 is 0 Å². The molecule has 1 aliphatic rings. The molecule has 0 spiro atoms. The fourth-order valence-electron chi connectivity index (χ4n) is 2.07. The molecule has 1 aliphatic heterocycles. The minimum Gasteiger partial charge on any atom is -0.494 e. The van der Waals surface area contributed by atoms with E-state index in [0.29, 0.717) is 12.4 Å². The predicted molar refractivity (Wildman–Crippen MR) is 69.5 cm³/mol. The standard InChI is InChI=1S/C14H11FO4S/c1-2-18-10-4-6-14-12(8-10)19-11-7-9(15)3-5-13(11)20(14,16)17/h3-8H,2H2,1H3. The molecule has 2 aromatic rings. The third-order valence-electron chi connectivity index (χ3n) is 2.93. The summed E-state index contributed by atoms with van der Waals surface area (Å²) in [6.07, 6.45) is 0. The average Bonchev–Trinajstić information content (AvgIpc) is 2.38. The van der Waals surface area contributed by atoms with Gasteiger partial charge in [-0.15, -0.1) is 0 Å². The van der Waals surface area contributed by atoms with E-state index in [9.17, 15) is 12.8 Å². The van der Waals surface area contributed by atoms with Gasteiger partial charge in [-0.25, -0.2) is 12.8 Å². The van der Waals surface area contributed by atoms with Crippen LogP contribution in [0.25, 0.3) is 0 Å². The van der Waals surface area contributed by atoms with Crippen molar-refractivity contribution < 1.29 is 22.3 Å². The number of sulfone groups is 1. The number of rotatable bonds is 2. The molecule has 0 saturated heterocycles. The van der Waals surface area contributed by atoms with Crippen LogP contribution < -0.4 is 9.47 Å². The Kier molecular flexibility index (Phi) is 2.90. The van der Waals surface area contributed by atoms with Crippen LogP contribution in [0, 0.1) is 5.82 Å². The summed E-state index contributed by atoms with van der Waals surface area (Å²) in [5.74, 6) is 0.0878. The molecule has 2 aromatic carbocycles. The third kappa shape index (κ3) is 1.92. The molecule has 0 saturated carbocycles. The molecule has 3 rings (SSSR count). The first-order chi connectivity index (χ1) is 9.52. The van der Waals surface area contributed by atoms with Crippen LogP contribution in [0.15, 0.2) is 46.2 Å². The quantitative estimate of drug-likeness (QED) is 0.681. The summed E-state index contributed by atoms with van der Waals surface area (Å²) in [5.41, 5.74) is 0. The maximum Gasteiger partial charge on any atom is 0.213 e. The molecule has 1 heterocycles. The van der Waals surface area contributed by atoms with E-state index in [4.69, 9.17) is 9.47 Å². The van der Waals surface area contributed by atoms with E-state index in [1.54, 1.807) is 6.07 Å². The summed E-state index contributed by atoms with van der Waals surface area (Å²) in [4.78, 5) is 0.0237. The molecule has 0 radical (unpaired) electrons. The van der Waals surface area contributed by atoms with Crippen molar-refractivity contribution in [3.8, 4) is 17.2 Å². The van der Waals surface area contributed by atoms with Crippen LogP contribution in [-0.4, -0.2) is 15.0 Å². The number of hydrogen-bond donors (Lipinski definition) is 0. The van der Waals surface area contributed by atoms with Gasteiger partial charge in [0.05, 0.1) is 6.61 Å². The van der Waals surface area contributed by atoms with Gasteiger partial charge in [-0.3, -0.25) is 0 Å². The minimum atomic E-state index is -3.70. The predicted octanol–water partition coefficient (Wildman–Crippen LogP) is 3.16. The van der Waals surface area contributed by atoms with Gasteiger partial charge in [0.2, 0.25) is 9.84 Å². The molecule has 0 N–H and O–H groups in total. The zero-order valence-electron chi connectivity index (χ0n) is 10.6. The number of halogens is 1. The first-order valence-electron chi connectivity index (χ1n) is 6.01. The lowest BCUT2D eigenvalue weighted by atomic mass is 10.3. The van der Waals surface area contributed by atoms with Gasteiger partial charge in [-0.2, -0.15) is 0 Å². The third-order valence-corrected chi connectivity index (χ3v) is 4.76. The Bertz CT molecular complexity index is 784. The summed E-state index contributed by atoms with van der Waals surface area (Å²) in [7, 11) is -3.70. The monoisotopic (exact) mass is 294 g/mol. The fourth-order valence-corrected chi connectivity index (χ4v) is 3.53. The molecule has 4 nitrogen and oxygen atoms in total. The minimum absolute atomic E-state index is 0.00820. The van der Waals surface area contributed by atoms with Crippen LogP contribution in [0.5, 0.6) is 17.2 Å². The summed E-state index contributed by atoms with van der Waals surface area (Å²) in [6.45, 7) is 2.28. The van der Waals surface area contributed by atoms with Crippen molar-refractivity contribution in [1.29, 1.82) is 0 Å². The Hall–Kier alpha value is -2.08. The van der Waals surface area contributed by atoms with E-state index in [1.807, 2.05) is 6.92 Å². The molecule has 0 unspecified atom stereocenters. The molecule has 6 heteroatoms. The highest BCUT2D eigenvalue weighted by Crippen LogP contribution is 2.43. The topological polar surface area (TPSA) is 52.6 Å². The first kappa shape index (κ1) is 12.9. The summed E-state index contributed by atoms with van der Waals surface area (Å²) in [5, 5.41) is 0. The molecule has 0 fully saturated rings. The van der Waals surface area contributed by atoms with Crippen molar-refractivity contribution in [2.24, 2.45) is 0 Å². The first-order valence-corrected chi connectivity index (χ1v) is 7.50. The van der Waals surface area contributed by atoms with Crippen LogP contribution in [0.3, 0.4) is 0 Å². The SMILES string of the molecule is CCOc1ccc2c(c1)Oc1cc(F)ccc1S2(=O)=O. The second kappa shape index (κ2) is 4.49. The average molecular weight is 294 g/mol. The van der Waals surface area contributed by atoms with Crippen molar-refractivity contribution in [2.45, 2.75) is 16.7 Å². The van der Waals surface area contributed by atoms with E-state index in [1.165, 1.54) is 18.2 Å². The van der Waals surface area contributed by atoms with Gasteiger partial charge < -0.3 is 9.47 Å². The van der Waals surface area contributed by atoms with Crippen molar-refractivity contribution in [1.82, 2.24) is 0 Å². The Labute approximate surface area is 115 Å². The molecule has 0 amide bonds. The van der Waals surface area contributed by atoms with Gasteiger partial charge in [0.15, 0.2) is 0 Å². The molecule has 20 heavy (non-hydrogen) atoms. The summed E-state index contributed by atoms with van der Waals surface area (Å²) in [6, 6.07) is 7.85. The maximum atomic E-state index is 13.2. The maximum absolute atomic E-state index is 13.2. The lowest BCUT2D eigenvalue weighted by Gasteiger charge is -2.20. The molecule has 0 aromatic heterocycles. The highest BCUT2D eigenvalue weighted by atomic mass is 32.2. The summed E-state index contributed by atoms with van der Waals surface area (Å²) >= 11 is 0. The zero-order valence-corrected chi connectivity index (χ0v) is 11.4. The van der Waals surface area contributed by atoms with Crippen LogP contribution in [0.4, 0.5) is 4.39 Å². The highest BCUT2D eigenvalue weighted by molar-refractivity contribution is 7.91. The molecule has 0 aliphatic carbocycles. The van der Waals surface area contributed by atoms with Gasteiger partial charge in [-0.05, 0) is 31.2 Å². The van der Waals surface area contributed by atoms with E-state index >= 15 is 0 Å². The Morgan fingerprint density at radius 3 is 2.45 bits per heavy atom. The second-order valence-electron chi connectivity index (χ2n) is 4.24. The molecule has 0 bridgehead atoms. The Morgan fingerprint density at radius 2 is 1.75 bits per heavy atom. The number of ether oxygens (including phenoxy) is 2. The largest absolute Gasteiger partial charge is 0.494 e. The van der Waals surface area contributed by atoms with Crippen molar-refractivity contribution in [3.05, 3.63) is 42.2 Å². The van der Waals surface area contributed by atoms with Crippen LogP contribution in [-0.2, 0) is 9.84 Å². The van der Waals surface area contributed by atoms with Crippen molar-refractivity contribution in [3.63, 3.8) is 0 Å². The lowest BCUT2D eigenvalue weighted by Crippen LogP contribution is -2.11. The lowest BCUT2D eigenvalue weighted by molar-refractivity contribution is 0.336. The summed E-state index contributed by atoms with van der Waals surface area (Å²) < 4.78 is 48.9. The molecular formula is C14H11FO4S. The van der Waals surface area contributed by atoms with Gasteiger partial charge >= 0.3 is 0 Å². The van der Waals surface area contributed by atoms with Crippen molar-refractivity contribution >= 4 is 9.84 Å². The molecule has 0 atom stereocenters. The number of benzene rings is 2. The van der Waals surface area contributed by atoms with Gasteiger partial charge in [0.25, 0.3) is 0 Å². The Morgan fingerprint density at radius 1 is 1.10 bits per heavy atom. The normalized spacial score (nSPS) is 14.9. The van der Waals surface area contributed by atoms with E-state index in [0.717, 1.165) is 12.1 Å². The van der Waals surface area contributed by atoms with Gasteiger partial charge in [0, 0.05) is 12.1 Å². The van der Waals surface area contributed by atoms with Gasteiger partial charge in [0.1, 0.15) is 32.9 Å². The number of hydrogen-bond acceptors (Lipinski definition) is 4. The number of fused-ring (bicyclic) bond motifs is 2. The van der Waals surface area contributed by atoms with E-state index < -0.39 is 15.7 Å². The van der Waals surface area contributed by atoms with E-state index in [2.05, 4.69) is 0 Å². The van der Waals surface area contributed by atoms with Crippen molar-refractivity contribution in [2.75, 3.05) is 6.61 Å². The smallest absolute Gasteiger partial charge is 0.213 e.